The molecule has 0 aromatic rings. The maximum absolute atomic E-state index is 5.95. The van der Waals surface area contributed by atoms with Crippen LogP contribution in [0.15, 0.2) is 0 Å². The highest BCUT2D eigenvalue weighted by Crippen LogP contribution is 2.28. The standard InChI is InChI=1S/C14H30N2O/c1-5-16(11-12-7-6-8-12)13(10-15)9-14(2,3)17-4/h12-13H,5-11,15H2,1-4H3. The van der Waals surface area contributed by atoms with E-state index in [4.69, 9.17) is 10.5 Å². The first-order valence-corrected chi connectivity index (χ1v) is 7.01. The Morgan fingerprint density at radius 1 is 1.41 bits per heavy atom. The van der Waals surface area contributed by atoms with Crippen molar-refractivity contribution < 1.29 is 4.74 Å². The maximum atomic E-state index is 5.95. The summed E-state index contributed by atoms with van der Waals surface area (Å²) in [5.41, 5.74) is 5.88. The third-order valence-corrected chi connectivity index (χ3v) is 4.19. The molecule has 1 aliphatic rings. The molecule has 1 saturated carbocycles. The molecular formula is C14H30N2O. The number of nitrogens with zero attached hydrogens (tertiary/aromatic N) is 1. The van der Waals surface area contributed by atoms with Crippen molar-refractivity contribution in [3.63, 3.8) is 0 Å². The van der Waals surface area contributed by atoms with Crippen LogP contribution in [0, 0.1) is 5.92 Å². The molecule has 2 N–H and O–H groups in total. The number of hydrogen-bond donors (Lipinski definition) is 1. The Morgan fingerprint density at radius 3 is 2.41 bits per heavy atom. The second-order valence-electron chi connectivity index (χ2n) is 5.94. The minimum atomic E-state index is -0.0724. The average molecular weight is 242 g/mol. The summed E-state index contributed by atoms with van der Waals surface area (Å²) in [5, 5.41) is 0. The normalized spacial score (nSPS) is 19.4. The van der Waals surface area contributed by atoms with E-state index in [-0.39, 0.29) is 5.60 Å². The number of hydrogen-bond acceptors (Lipinski definition) is 3. The van der Waals surface area contributed by atoms with Crippen molar-refractivity contribution in [2.75, 3.05) is 26.7 Å². The Hall–Kier alpha value is -0.120. The van der Waals surface area contributed by atoms with Gasteiger partial charge in [-0.1, -0.05) is 13.3 Å². The Kier molecular flexibility index (Phi) is 5.90. The first-order chi connectivity index (χ1) is 8.02. The van der Waals surface area contributed by atoms with Crippen LogP contribution in [0.4, 0.5) is 0 Å². The van der Waals surface area contributed by atoms with Crippen LogP contribution in [0.2, 0.25) is 0 Å². The average Bonchev–Trinajstić information content (AvgIpc) is 2.25. The highest BCUT2D eigenvalue weighted by atomic mass is 16.5. The van der Waals surface area contributed by atoms with E-state index < -0.39 is 0 Å². The second-order valence-corrected chi connectivity index (χ2v) is 5.94. The zero-order valence-electron chi connectivity index (χ0n) is 12.0. The summed E-state index contributed by atoms with van der Waals surface area (Å²) in [4.78, 5) is 2.55. The van der Waals surface area contributed by atoms with Crippen molar-refractivity contribution in [2.24, 2.45) is 11.7 Å². The first-order valence-electron chi connectivity index (χ1n) is 7.01. The minimum Gasteiger partial charge on any atom is -0.379 e. The molecule has 3 heteroatoms. The summed E-state index contributed by atoms with van der Waals surface area (Å²) in [6, 6.07) is 0.454. The van der Waals surface area contributed by atoms with Gasteiger partial charge in [-0.25, -0.2) is 0 Å². The highest BCUT2D eigenvalue weighted by Gasteiger charge is 2.28. The molecular weight excluding hydrogens is 212 g/mol. The summed E-state index contributed by atoms with van der Waals surface area (Å²) in [7, 11) is 1.79. The number of likely N-dealkylation sites (N-methyl/N-ethyl adjacent to an activating group) is 1. The van der Waals surface area contributed by atoms with Gasteiger partial charge in [0.15, 0.2) is 0 Å². The molecule has 0 heterocycles. The van der Waals surface area contributed by atoms with Gasteiger partial charge in [-0.2, -0.15) is 0 Å². The Labute approximate surface area is 107 Å². The molecule has 102 valence electrons. The summed E-state index contributed by atoms with van der Waals surface area (Å²) in [6.07, 6.45) is 5.24. The molecule has 0 spiro atoms. The lowest BCUT2D eigenvalue weighted by molar-refractivity contribution is -0.0106. The van der Waals surface area contributed by atoms with Gasteiger partial charge in [-0.15, -0.1) is 0 Å². The fraction of sp³-hybridized carbons (Fsp3) is 1.00. The third kappa shape index (κ3) is 4.57. The summed E-state index contributed by atoms with van der Waals surface area (Å²) < 4.78 is 5.53. The maximum Gasteiger partial charge on any atom is 0.0638 e. The summed E-state index contributed by atoms with van der Waals surface area (Å²) in [6.45, 7) is 9.57. The molecule has 1 unspecified atom stereocenters. The van der Waals surface area contributed by atoms with Gasteiger partial charge in [-0.3, -0.25) is 4.90 Å². The van der Waals surface area contributed by atoms with Crippen LogP contribution < -0.4 is 5.73 Å². The van der Waals surface area contributed by atoms with Crippen LogP contribution in [0.5, 0.6) is 0 Å². The van der Waals surface area contributed by atoms with Crippen LogP contribution in [0.1, 0.15) is 46.5 Å². The van der Waals surface area contributed by atoms with E-state index in [0.717, 1.165) is 25.4 Å². The summed E-state index contributed by atoms with van der Waals surface area (Å²) in [5.74, 6) is 0.912. The van der Waals surface area contributed by atoms with Crippen LogP contribution in [0.3, 0.4) is 0 Å². The van der Waals surface area contributed by atoms with E-state index in [1.54, 1.807) is 7.11 Å². The molecule has 0 amide bonds. The minimum absolute atomic E-state index is 0.0724. The van der Waals surface area contributed by atoms with E-state index in [1.165, 1.54) is 25.8 Å². The lowest BCUT2D eigenvalue weighted by Crippen LogP contribution is -2.47. The SMILES string of the molecule is CCN(CC1CCC1)C(CN)CC(C)(C)OC. The van der Waals surface area contributed by atoms with Gasteiger partial charge in [0, 0.05) is 26.2 Å². The third-order valence-electron chi connectivity index (χ3n) is 4.19. The Morgan fingerprint density at radius 2 is 2.06 bits per heavy atom. The molecule has 3 nitrogen and oxygen atoms in total. The van der Waals surface area contributed by atoms with E-state index >= 15 is 0 Å². The number of rotatable bonds is 8. The summed E-state index contributed by atoms with van der Waals surface area (Å²) >= 11 is 0. The number of methoxy groups -OCH3 is 1. The van der Waals surface area contributed by atoms with Crippen LogP contribution >= 0.6 is 0 Å². The predicted octanol–water partition coefficient (Wildman–Crippen LogP) is 2.25. The lowest BCUT2D eigenvalue weighted by Gasteiger charge is -2.39. The van der Waals surface area contributed by atoms with E-state index in [9.17, 15) is 0 Å². The molecule has 0 saturated heterocycles. The van der Waals surface area contributed by atoms with Crippen LogP contribution in [0.25, 0.3) is 0 Å². The van der Waals surface area contributed by atoms with Crippen LogP contribution in [-0.4, -0.2) is 43.3 Å². The first kappa shape index (κ1) is 14.9. The zero-order valence-corrected chi connectivity index (χ0v) is 12.0. The van der Waals surface area contributed by atoms with Gasteiger partial charge in [0.2, 0.25) is 0 Å². The molecule has 0 aliphatic heterocycles. The second kappa shape index (κ2) is 6.72. The number of ether oxygens (including phenoxy) is 1. The van der Waals surface area contributed by atoms with Crippen molar-refractivity contribution in [1.82, 2.24) is 4.90 Å². The molecule has 0 bridgehead atoms. The molecule has 1 fully saturated rings. The van der Waals surface area contributed by atoms with Gasteiger partial charge < -0.3 is 10.5 Å². The van der Waals surface area contributed by atoms with E-state index in [1.807, 2.05) is 0 Å². The van der Waals surface area contributed by atoms with Gasteiger partial charge in [0.25, 0.3) is 0 Å². The molecule has 1 atom stereocenters. The zero-order chi connectivity index (χ0) is 12.9. The van der Waals surface area contributed by atoms with Crippen molar-refractivity contribution >= 4 is 0 Å². The largest absolute Gasteiger partial charge is 0.379 e. The molecule has 1 rings (SSSR count). The number of nitrogens with two attached hydrogens (primary N) is 1. The van der Waals surface area contributed by atoms with Crippen molar-refractivity contribution in [2.45, 2.75) is 58.1 Å². The van der Waals surface area contributed by atoms with Gasteiger partial charge in [0.1, 0.15) is 0 Å². The van der Waals surface area contributed by atoms with Crippen LogP contribution in [-0.2, 0) is 4.74 Å². The van der Waals surface area contributed by atoms with Gasteiger partial charge in [0.05, 0.1) is 5.60 Å². The molecule has 0 aromatic heterocycles. The smallest absolute Gasteiger partial charge is 0.0638 e. The Bertz CT molecular complexity index is 214. The van der Waals surface area contributed by atoms with Gasteiger partial charge >= 0.3 is 0 Å². The fourth-order valence-corrected chi connectivity index (χ4v) is 2.56. The fourth-order valence-electron chi connectivity index (χ4n) is 2.56. The van der Waals surface area contributed by atoms with Gasteiger partial charge in [-0.05, 0) is 45.6 Å². The topological polar surface area (TPSA) is 38.5 Å². The predicted molar refractivity (Wildman–Crippen MR) is 73.1 cm³/mol. The molecule has 17 heavy (non-hydrogen) atoms. The monoisotopic (exact) mass is 242 g/mol. The molecule has 0 aromatic carbocycles. The Balaban J connectivity index is 2.49. The molecule has 0 radical (unpaired) electrons. The molecule has 1 aliphatic carbocycles. The van der Waals surface area contributed by atoms with Crippen molar-refractivity contribution in [1.29, 1.82) is 0 Å². The van der Waals surface area contributed by atoms with E-state index in [2.05, 4.69) is 25.7 Å². The quantitative estimate of drug-likeness (QED) is 0.709. The highest BCUT2D eigenvalue weighted by molar-refractivity contribution is 4.83. The van der Waals surface area contributed by atoms with Crippen molar-refractivity contribution in [3.05, 3.63) is 0 Å². The lowest BCUT2D eigenvalue weighted by atomic mass is 9.84. The van der Waals surface area contributed by atoms with Crippen molar-refractivity contribution in [3.8, 4) is 0 Å². The van der Waals surface area contributed by atoms with E-state index in [0.29, 0.717) is 6.04 Å².